The number of nitrogens with one attached hydrogen (secondary N) is 2. The zero-order valence-electron chi connectivity index (χ0n) is 11.3. The zero-order chi connectivity index (χ0) is 13.3. The molecule has 108 valence electrons. The van der Waals surface area contributed by atoms with E-state index in [1.807, 2.05) is 6.92 Å². The Balaban J connectivity index is 2.01. The van der Waals surface area contributed by atoms with Gasteiger partial charge in [-0.1, -0.05) is 19.8 Å². The van der Waals surface area contributed by atoms with Crippen molar-refractivity contribution in [2.24, 2.45) is 0 Å². The minimum atomic E-state index is -3.13. The Kier molecular flexibility index (Phi) is 7.81. The van der Waals surface area contributed by atoms with Gasteiger partial charge in [-0.05, 0) is 32.4 Å². The van der Waals surface area contributed by atoms with Crippen LogP contribution in [0.2, 0.25) is 0 Å². The topological polar surface area (TPSA) is 67.4 Å². The summed E-state index contributed by atoms with van der Waals surface area (Å²) in [5, 5.41) is 3.11. The quantitative estimate of drug-likeness (QED) is 0.582. The fourth-order valence-corrected chi connectivity index (χ4v) is 3.18. The second kappa shape index (κ2) is 8.85. The summed E-state index contributed by atoms with van der Waals surface area (Å²) in [5.74, 6) is 0.184. The van der Waals surface area contributed by atoms with Crippen molar-refractivity contribution in [3.8, 4) is 0 Å². The minimum absolute atomic E-state index is 0.184. The summed E-state index contributed by atoms with van der Waals surface area (Å²) in [6.07, 6.45) is 5.71. The summed E-state index contributed by atoms with van der Waals surface area (Å²) < 4.78 is 31.4. The highest BCUT2D eigenvalue weighted by Crippen LogP contribution is 2.20. The first kappa shape index (κ1) is 15.9. The Morgan fingerprint density at radius 3 is 2.61 bits per heavy atom. The highest BCUT2D eigenvalue weighted by molar-refractivity contribution is 7.89. The van der Waals surface area contributed by atoms with Crippen molar-refractivity contribution in [2.75, 3.05) is 32.0 Å². The van der Waals surface area contributed by atoms with Crippen molar-refractivity contribution in [2.45, 2.75) is 45.1 Å². The van der Waals surface area contributed by atoms with Gasteiger partial charge in [-0.2, -0.15) is 0 Å². The molecule has 6 heteroatoms. The number of hydrogen-bond donors (Lipinski definition) is 2. The van der Waals surface area contributed by atoms with Gasteiger partial charge >= 0.3 is 0 Å². The molecule has 0 atom stereocenters. The lowest BCUT2D eigenvalue weighted by molar-refractivity contribution is 0.0626. The monoisotopic (exact) mass is 278 g/mol. The molecule has 0 heterocycles. The molecule has 0 aromatic rings. The van der Waals surface area contributed by atoms with Crippen molar-refractivity contribution < 1.29 is 13.2 Å². The predicted molar refractivity (Wildman–Crippen MR) is 73.2 cm³/mol. The molecule has 0 unspecified atom stereocenters. The normalized spacial score (nSPS) is 17.4. The van der Waals surface area contributed by atoms with E-state index in [4.69, 9.17) is 4.74 Å². The standard InChI is InChI=1S/C12H26N2O3S/c1-2-13-8-5-11-18(15,16)14-9-10-17-12-6-3-4-7-12/h12-14H,2-11H2,1H3. The second-order valence-corrected chi connectivity index (χ2v) is 6.62. The highest BCUT2D eigenvalue weighted by Gasteiger charge is 2.15. The van der Waals surface area contributed by atoms with E-state index in [1.165, 1.54) is 12.8 Å². The van der Waals surface area contributed by atoms with E-state index in [-0.39, 0.29) is 5.75 Å². The summed E-state index contributed by atoms with van der Waals surface area (Å²) in [5.41, 5.74) is 0. The molecule has 5 nitrogen and oxygen atoms in total. The average molecular weight is 278 g/mol. The first-order valence-electron chi connectivity index (χ1n) is 6.93. The SMILES string of the molecule is CCNCCCS(=O)(=O)NCCOC1CCCC1. The van der Waals surface area contributed by atoms with E-state index >= 15 is 0 Å². The van der Waals surface area contributed by atoms with Crippen LogP contribution >= 0.6 is 0 Å². The second-order valence-electron chi connectivity index (χ2n) is 4.70. The predicted octanol–water partition coefficient (Wildman–Crippen LogP) is 0.865. The van der Waals surface area contributed by atoms with E-state index in [0.717, 1.165) is 25.9 Å². The van der Waals surface area contributed by atoms with E-state index < -0.39 is 10.0 Å². The molecule has 1 aliphatic carbocycles. The molecule has 0 saturated heterocycles. The van der Waals surface area contributed by atoms with Crippen LogP contribution in [0.1, 0.15) is 39.0 Å². The Morgan fingerprint density at radius 2 is 1.94 bits per heavy atom. The number of ether oxygens (including phenoxy) is 1. The van der Waals surface area contributed by atoms with Crippen molar-refractivity contribution in [1.29, 1.82) is 0 Å². The molecule has 0 amide bonds. The van der Waals surface area contributed by atoms with Crippen LogP contribution < -0.4 is 10.0 Å². The van der Waals surface area contributed by atoms with Crippen molar-refractivity contribution >= 4 is 10.0 Å². The Labute approximate surface area is 111 Å². The number of rotatable bonds is 10. The van der Waals surface area contributed by atoms with E-state index in [9.17, 15) is 8.42 Å². The summed E-state index contributed by atoms with van der Waals surface area (Å²) in [7, 11) is -3.13. The summed E-state index contributed by atoms with van der Waals surface area (Å²) in [6.45, 7) is 4.50. The van der Waals surface area contributed by atoms with Crippen molar-refractivity contribution in [3.63, 3.8) is 0 Å². The van der Waals surface area contributed by atoms with E-state index in [0.29, 0.717) is 25.7 Å². The fourth-order valence-electron chi connectivity index (χ4n) is 2.11. The molecule has 0 aromatic heterocycles. The Hall–Kier alpha value is -0.170. The van der Waals surface area contributed by atoms with Gasteiger partial charge in [0.1, 0.15) is 0 Å². The zero-order valence-corrected chi connectivity index (χ0v) is 12.1. The first-order chi connectivity index (χ1) is 8.64. The summed E-state index contributed by atoms with van der Waals surface area (Å²) >= 11 is 0. The number of hydrogen-bond acceptors (Lipinski definition) is 4. The van der Waals surface area contributed by atoms with E-state index in [1.54, 1.807) is 0 Å². The molecule has 0 bridgehead atoms. The van der Waals surface area contributed by atoms with Crippen LogP contribution in [0.4, 0.5) is 0 Å². The van der Waals surface area contributed by atoms with Crippen LogP contribution in [0, 0.1) is 0 Å². The van der Waals surface area contributed by atoms with Gasteiger partial charge in [0.05, 0.1) is 18.5 Å². The molecule has 0 radical (unpaired) electrons. The Bertz CT molecular complexity index is 300. The Morgan fingerprint density at radius 1 is 1.22 bits per heavy atom. The molecular weight excluding hydrogens is 252 g/mol. The maximum Gasteiger partial charge on any atom is 0.211 e. The van der Waals surface area contributed by atoms with Crippen LogP contribution in [0.15, 0.2) is 0 Å². The lowest BCUT2D eigenvalue weighted by Gasteiger charge is -2.11. The van der Waals surface area contributed by atoms with Gasteiger partial charge < -0.3 is 10.1 Å². The van der Waals surface area contributed by atoms with Gasteiger partial charge in [0.15, 0.2) is 0 Å². The van der Waals surface area contributed by atoms with Gasteiger partial charge in [-0.25, -0.2) is 13.1 Å². The molecule has 1 saturated carbocycles. The molecule has 2 N–H and O–H groups in total. The molecule has 18 heavy (non-hydrogen) atoms. The van der Waals surface area contributed by atoms with Gasteiger partial charge in [0.2, 0.25) is 10.0 Å². The van der Waals surface area contributed by atoms with Crippen LogP contribution in [0.3, 0.4) is 0 Å². The van der Waals surface area contributed by atoms with Gasteiger partial charge in [0, 0.05) is 6.54 Å². The average Bonchev–Trinajstić information content (AvgIpc) is 2.83. The van der Waals surface area contributed by atoms with Crippen LogP contribution in [0.25, 0.3) is 0 Å². The lowest BCUT2D eigenvalue weighted by atomic mass is 10.3. The van der Waals surface area contributed by atoms with Crippen LogP contribution in [-0.4, -0.2) is 46.5 Å². The lowest BCUT2D eigenvalue weighted by Crippen LogP contribution is -2.31. The largest absolute Gasteiger partial charge is 0.377 e. The third kappa shape index (κ3) is 7.31. The molecule has 0 aromatic carbocycles. The highest BCUT2D eigenvalue weighted by atomic mass is 32.2. The van der Waals surface area contributed by atoms with E-state index in [2.05, 4.69) is 10.0 Å². The molecule has 0 aliphatic heterocycles. The maximum atomic E-state index is 11.6. The molecule has 1 fully saturated rings. The van der Waals surface area contributed by atoms with Gasteiger partial charge in [0.25, 0.3) is 0 Å². The molecule has 1 rings (SSSR count). The number of sulfonamides is 1. The van der Waals surface area contributed by atoms with Crippen LogP contribution in [0.5, 0.6) is 0 Å². The molecule has 1 aliphatic rings. The summed E-state index contributed by atoms with van der Waals surface area (Å²) in [6, 6.07) is 0. The first-order valence-corrected chi connectivity index (χ1v) is 8.59. The van der Waals surface area contributed by atoms with Gasteiger partial charge in [-0.3, -0.25) is 0 Å². The van der Waals surface area contributed by atoms with Crippen molar-refractivity contribution in [1.82, 2.24) is 10.0 Å². The molecular formula is C12H26N2O3S. The maximum absolute atomic E-state index is 11.6. The van der Waals surface area contributed by atoms with Crippen LogP contribution in [-0.2, 0) is 14.8 Å². The molecule has 0 spiro atoms. The van der Waals surface area contributed by atoms with Crippen molar-refractivity contribution in [3.05, 3.63) is 0 Å². The third-order valence-corrected chi connectivity index (χ3v) is 4.57. The summed E-state index contributed by atoms with van der Waals surface area (Å²) in [4.78, 5) is 0. The van der Waals surface area contributed by atoms with Gasteiger partial charge in [-0.15, -0.1) is 0 Å². The fraction of sp³-hybridized carbons (Fsp3) is 1.00. The smallest absolute Gasteiger partial charge is 0.211 e. The third-order valence-electron chi connectivity index (χ3n) is 3.10. The minimum Gasteiger partial charge on any atom is -0.377 e.